The standard InChI is InChI=1S/C19H19N3O5/c1-24-15-5-3-12(9-17(15)25-2)14-7-8-22(21-14)19(23)20-13-4-6-16-18(10-13)27-11-26-16/h3-6,9-10H,7-8,11H2,1-2H3,(H,20,23). The van der Waals surface area contributed by atoms with E-state index in [4.69, 9.17) is 18.9 Å². The number of nitrogens with one attached hydrogen (secondary N) is 1. The topological polar surface area (TPSA) is 81.6 Å². The third-order valence-corrected chi connectivity index (χ3v) is 4.38. The predicted molar refractivity (Wildman–Crippen MR) is 99.0 cm³/mol. The predicted octanol–water partition coefficient (Wildman–Crippen LogP) is 3.07. The van der Waals surface area contributed by atoms with Gasteiger partial charge in [0.25, 0.3) is 0 Å². The zero-order valence-electron chi connectivity index (χ0n) is 15.0. The largest absolute Gasteiger partial charge is 0.493 e. The van der Waals surface area contributed by atoms with E-state index in [-0.39, 0.29) is 12.8 Å². The monoisotopic (exact) mass is 369 g/mol. The van der Waals surface area contributed by atoms with E-state index in [1.807, 2.05) is 18.2 Å². The van der Waals surface area contributed by atoms with Gasteiger partial charge in [-0.05, 0) is 30.3 Å². The molecule has 4 rings (SSSR count). The number of benzene rings is 2. The maximum absolute atomic E-state index is 12.5. The Kier molecular flexibility index (Phi) is 4.45. The van der Waals surface area contributed by atoms with E-state index in [0.29, 0.717) is 41.7 Å². The van der Waals surface area contributed by atoms with Crippen molar-refractivity contribution in [1.29, 1.82) is 0 Å². The Morgan fingerprint density at radius 1 is 1.07 bits per heavy atom. The molecule has 2 aromatic carbocycles. The van der Waals surface area contributed by atoms with Crippen molar-refractivity contribution in [2.24, 2.45) is 5.10 Å². The zero-order valence-corrected chi connectivity index (χ0v) is 15.0. The SMILES string of the molecule is COc1ccc(C2=NN(C(=O)Nc3ccc4c(c3)OCO4)CC2)cc1OC. The summed E-state index contributed by atoms with van der Waals surface area (Å²) in [7, 11) is 3.18. The Labute approximate surface area is 156 Å². The van der Waals surface area contributed by atoms with Crippen LogP contribution in [0.25, 0.3) is 0 Å². The van der Waals surface area contributed by atoms with Crippen LogP contribution in [-0.2, 0) is 0 Å². The lowest BCUT2D eigenvalue weighted by atomic mass is 10.1. The number of carbonyl (C=O) groups is 1. The van der Waals surface area contributed by atoms with Gasteiger partial charge in [0.15, 0.2) is 23.0 Å². The Hall–Kier alpha value is -3.42. The summed E-state index contributed by atoms with van der Waals surface area (Å²) in [4.78, 5) is 12.5. The number of amides is 2. The summed E-state index contributed by atoms with van der Waals surface area (Å²) in [6.45, 7) is 0.692. The van der Waals surface area contributed by atoms with Crippen molar-refractivity contribution in [2.75, 3.05) is 32.9 Å². The molecule has 27 heavy (non-hydrogen) atoms. The molecule has 0 aliphatic carbocycles. The first-order chi connectivity index (χ1) is 13.2. The molecule has 140 valence electrons. The third-order valence-electron chi connectivity index (χ3n) is 4.38. The molecule has 2 aliphatic heterocycles. The van der Waals surface area contributed by atoms with Gasteiger partial charge in [-0.3, -0.25) is 0 Å². The summed E-state index contributed by atoms with van der Waals surface area (Å²) in [5, 5.41) is 8.68. The van der Waals surface area contributed by atoms with Crippen LogP contribution in [0.5, 0.6) is 23.0 Å². The van der Waals surface area contributed by atoms with Gasteiger partial charge in [-0.15, -0.1) is 0 Å². The summed E-state index contributed by atoms with van der Waals surface area (Å²) in [6, 6.07) is 10.5. The molecule has 2 aromatic rings. The quantitative estimate of drug-likeness (QED) is 0.896. The fourth-order valence-corrected chi connectivity index (χ4v) is 2.98. The molecule has 8 nitrogen and oxygen atoms in total. The molecule has 8 heteroatoms. The minimum absolute atomic E-state index is 0.192. The fourth-order valence-electron chi connectivity index (χ4n) is 2.98. The highest BCUT2D eigenvalue weighted by molar-refractivity contribution is 6.04. The molecule has 1 N–H and O–H groups in total. The lowest BCUT2D eigenvalue weighted by Crippen LogP contribution is -2.28. The van der Waals surface area contributed by atoms with Crippen LogP contribution in [0.2, 0.25) is 0 Å². The van der Waals surface area contributed by atoms with Crippen molar-refractivity contribution in [3.05, 3.63) is 42.0 Å². The number of fused-ring (bicyclic) bond motifs is 1. The van der Waals surface area contributed by atoms with Gasteiger partial charge in [-0.2, -0.15) is 5.10 Å². The number of rotatable bonds is 4. The molecule has 2 aliphatic rings. The molecule has 0 saturated carbocycles. The van der Waals surface area contributed by atoms with Gasteiger partial charge in [0, 0.05) is 23.7 Å². The van der Waals surface area contributed by atoms with E-state index >= 15 is 0 Å². The van der Waals surface area contributed by atoms with Gasteiger partial charge in [-0.1, -0.05) is 0 Å². The first kappa shape index (κ1) is 17.0. The number of hydrogen-bond donors (Lipinski definition) is 1. The minimum atomic E-state index is -0.302. The van der Waals surface area contributed by atoms with Crippen molar-refractivity contribution in [2.45, 2.75) is 6.42 Å². The van der Waals surface area contributed by atoms with Gasteiger partial charge in [0.2, 0.25) is 6.79 Å². The van der Waals surface area contributed by atoms with Crippen LogP contribution in [0.3, 0.4) is 0 Å². The molecule has 0 fully saturated rings. The Bertz CT molecular complexity index is 912. The van der Waals surface area contributed by atoms with Crippen LogP contribution in [-0.4, -0.2) is 44.3 Å². The van der Waals surface area contributed by atoms with Crippen molar-refractivity contribution in [1.82, 2.24) is 5.01 Å². The van der Waals surface area contributed by atoms with Crippen LogP contribution in [0.15, 0.2) is 41.5 Å². The van der Waals surface area contributed by atoms with E-state index in [9.17, 15) is 4.79 Å². The second kappa shape index (κ2) is 7.06. The maximum Gasteiger partial charge on any atom is 0.342 e. The van der Waals surface area contributed by atoms with Crippen LogP contribution in [0.1, 0.15) is 12.0 Å². The first-order valence-electron chi connectivity index (χ1n) is 8.46. The summed E-state index contributed by atoms with van der Waals surface area (Å²) < 4.78 is 21.2. The second-order valence-electron chi connectivity index (χ2n) is 5.99. The molecule has 2 amide bonds. The number of methoxy groups -OCH3 is 2. The van der Waals surface area contributed by atoms with Gasteiger partial charge < -0.3 is 24.3 Å². The van der Waals surface area contributed by atoms with Gasteiger partial charge >= 0.3 is 6.03 Å². The van der Waals surface area contributed by atoms with Crippen LogP contribution < -0.4 is 24.3 Å². The van der Waals surface area contributed by atoms with E-state index < -0.39 is 0 Å². The number of ether oxygens (including phenoxy) is 4. The van der Waals surface area contributed by atoms with Crippen LogP contribution in [0, 0.1) is 0 Å². The summed E-state index contributed by atoms with van der Waals surface area (Å²) in [5.41, 5.74) is 2.34. The number of urea groups is 1. The number of carbonyl (C=O) groups excluding carboxylic acids is 1. The van der Waals surface area contributed by atoms with Crippen molar-refractivity contribution in [3.63, 3.8) is 0 Å². The lowest BCUT2D eigenvalue weighted by Gasteiger charge is -2.13. The Balaban J connectivity index is 1.48. The highest BCUT2D eigenvalue weighted by Gasteiger charge is 2.23. The Morgan fingerprint density at radius 2 is 1.89 bits per heavy atom. The molecule has 0 radical (unpaired) electrons. The second-order valence-corrected chi connectivity index (χ2v) is 5.99. The highest BCUT2D eigenvalue weighted by Crippen LogP contribution is 2.34. The Morgan fingerprint density at radius 3 is 2.70 bits per heavy atom. The highest BCUT2D eigenvalue weighted by atomic mass is 16.7. The molecule has 0 unspecified atom stereocenters. The molecular weight excluding hydrogens is 350 g/mol. The third kappa shape index (κ3) is 3.33. The molecule has 0 saturated heterocycles. The van der Waals surface area contributed by atoms with E-state index in [1.54, 1.807) is 32.4 Å². The molecule has 0 aromatic heterocycles. The number of nitrogens with zero attached hydrogens (tertiary/aromatic N) is 2. The van der Waals surface area contributed by atoms with E-state index in [2.05, 4.69) is 10.4 Å². The van der Waals surface area contributed by atoms with Crippen molar-refractivity contribution >= 4 is 17.4 Å². The van der Waals surface area contributed by atoms with Crippen molar-refractivity contribution in [3.8, 4) is 23.0 Å². The average molecular weight is 369 g/mol. The van der Waals surface area contributed by atoms with Gasteiger partial charge in [0.05, 0.1) is 26.5 Å². The molecular formula is C19H19N3O5. The normalized spacial score (nSPS) is 14.7. The summed E-state index contributed by atoms with van der Waals surface area (Å²) in [5.74, 6) is 2.56. The van der Waals surface area contributed by atoms with Gasteiger partial charge in [-0.25, -0.2) is 9.80 Å². The van der Waals surface area contributed by atoms with Crippen LogP contribution in [0.4, 0.5) is 10.5 Å². The molecule has 0 spiro atoms. The maximum atomic E-state index is 12.5. The van der Waals surface area contributed by atoms with E-state index in [1.165, 1.54) is 5.01 Å². The minimum Gasteiger partial charge on any atom is -0.493 e. The molecule has 0 atom stereocenters. The summed E-state index contributed by atoms with van der Waals surface area (Å²) >= 11 is 0. The number of hydrogen-bond acceptors (Lipinski definition) is 6. The number of anilines is 1. The average Bonchev–Trinajstić information content (AvgIpc) is 3.36. The van der Waals surface area contributed by atoms with Gasteiger partial charge in [0.1, 0.15) is 0 Å². The smallest absolute Gasteiger partial charge is 0.342 e. The first-order valence-corrected chi connectivity index (χ1v) is 8.46. The zero-order chi connectivity index (χ0) is 18.8. The fraction of sp³-hybridized carbons (Fsp3) is 0.263. The summed E-state index contributed by atoms with van der Waals surface area (Å²) in [6.07, 6.45) is 0.657. The van der Waals surface area contributed by atoms with Crippen LogP contribution >= 0.6 is 0 Å². The molecule has 0 bridgehead atoms. The lowest BCUT2D eigenvalue weighted by molar-refractivity contribution is 0.174. The van der Waals surface area contributed by atoms with E-state index in [0.717, 1.165) is 11.3 Å². The molecule has 2 heterocycles. The number of hydrazone groups is 1. The van der Waals surface area contributed by atoms with Crippen molar-refractivity contribution < 1.29 is 23.7 Å².